The maximum Gasteiger partial charge on any atom is 0.255 e. The van der Waals surface area contributed by atoms with E-state index in [1.807, 2.05) is 0 Å². The molecule has 1 fully saturated rings. The molecular formula is C13H17BrN2O3S. The van der Waals surface area contributed by atoms with Gasteiger partial charge in [-0.3, -0.25) is 4.79 Å². The summed E-state index contributed by atoms with van der Waals surface area (Å²) in [6.45, 7) is 1.46. The number of likely N-dealkylation sites (tertiary alicyclic amines) is 1. The summed E-state index contributed by atoms with van der Waals surface area (Å²) in [7, 11) is -2.19. The molecule has 1 heterocycles. The third-order valence-electron chi connectivity index (χ3n) is 3.39. The van der Waals surface area contributed by atoms with Crippen molar-refractivity contribution in [3.05, 3.63) is 28.2 Å². The Balaban J connectivity index is 2.35. The van der Waals surface area contributed by atoms with Crippen LogP contribution in [0, 0.1) is 0 Å². The highest BCUT2D eigenvalue weighted by Gasteiger charge is 2.22. The Bertz CT molecular complexity index is 610. The van der Waals surface area contributed by atoms with E-state index in [1.54, 1.807) is 11.0 Å². The van der Waals surface area contributed by atoms with Gasteiger partial charge >= 0.3 is 0 Å². The number of carbonyl (C=O) groups is 1. The topological polar surface area (TPSA) is 66.5 Å². The molecule has 0 bridgehead atoms. The van der Waals surface area contributed by atoms with Crippen LogP contribution in [0.5, 0.6) is 0 Å². The van der Waals surface area contributed by atoms with Gasteiger partial charge in [0.2, 0.25) is 10.0 Å². The smallest absolute Gasteiger partial charge is 0.255 e. The maximum absolute atomic E-state index is 12.5. The minimum atomic E-state index is -3.54. The highest BCUT2D eigenvalue weighted by molar-refractivity contribution is 9.10. The van der Waals surface area contributed by atoms with E-state index in [1.165, 1.54) is 19.2 Å². The number of hydrogen-bond acceptors (Lipinski definition) is 3. The van der Waals surface area contributed by atoms with Gasteiger partial charge in [0.05, 0.1) is 10.5 Å². The second kappa shape index (κ2) is 6.24. The largest absolute Gasteiger partial charge is 0.339 e. The zero-order valence-corrected chi connectivity index (χ0v) is 13.6. The number of sulfonamides is 1. The second-order valence-corrected chi connectivity index (χ2v) is 7.44. The van der Waals surface area contributed by atoms with E-state index in [0.717, 1.165) is 32.4 Å². The minimum absolute atomic E-state index is 0.101. The zero-order chi connectivity index (χ0) is 14.8. The molecule has 7 heteroatoms. The Labute approximate surface area is 127 Å². The third kappa shape index (κ3) is 3.21. The number of benzene rings is 1. The highest BCUT2D eigenvalue weighted by Crippen LogP contribution is 2.23. The second-order valence-electron chi connectivity index (χ2n) is 4.70. The summed E-state index contributed by atoms with van der Waals surface area (Å²) in [5.41, 5.74) is 0.392. The van der Waals surface area contributed by atoms with Crippen molar-refractivity contribution in [3.8, 4) is 0 Å². The summed E-state index contributed by atoms with van der Waals surface area (Å²) < 4.78 is 26.5. The fourth-order valence-electron chi connectivity index (χ4n) is 2.22. The summed E-state index contributed by atoms with van der Waals surface area (Å²) in [5.74, 6) is -0.121. The van der Waals surface area contributed by atoms with Crippen LogP contribution >= 0.6 is 15.9 Å². The van der Waals surface area contributed by atoms with Crippen LogP contribution in [0.25, 0.3) is 0 Å². The third-order valence-corrected chi connectivity index (χ3v) is 5.49. The molecule has 1 aliphatic rings. The van der Waals surface area contributed by atoms with E-state index in [2.05, 4.69) is 20.7 Å². The average Bonchev–Trinajstić information content (AvgIpc) is 2.47. The number of hydrogen-bond donors (Lipinski definition) is 1. The van der Waals surface area contributed by atoms with Crippen molar-refractivity contribution in [2.24, 2.45) is 0 Å². The standard InChI is InChI=1S/C13H17BrN2O3S/c1-15-20(18,19)10-5-6-12(14)11(9-10)13(17)16-7-3-2-4-8-16/h5-6,9,15H,2-4,7-8H2,1H3. The van der Waals surface area contributed by atoms with Gasteiger partial charge in [0.15, 0.2) is 0 Å². The first-order valence-corrected chi connectivity index (χ1v) is 8.75. The Morgan fingerprint density at radius 1 is 1.25 bits per heavy atom. The lowest BCUT2D eigenvalue weighted by Gasteiger charge is -2.27. The lowest BCUT2D eigenvalue weighted by Crippen LogP contribution is -2.36. The lowest BCUT2D eigenvalue weighted by atomic mass is 10.1. The van der Waals surface area contributed by atoms with E-state index < -0.39 is 10.0 Å². The molecule has 2 rings (SSSR count). The van der Waals surface area contributed by atoms with Crippen molar-refractivity contribution in [2.45, 2.75) is 24.2 Å². The van der Waals surface area contributed by atoms with Gasteiger partial charge in [0.25, 0.3) is 5.91 Å². The molecule has 0 saturated carbocycles. The molecular weight excluding hydrogens is 344 g/mol. The number of nitrogens with zero attached hydrogens (tertiary/aromatic N) is 1. The first kappa shape index (κ1) is 15.5. The quantitative estimate of drug-likeness (QED) is 0.895. The van der Waals surface area contributed by atoms with Gasteiger partial charge in [-0.1, -0.05) is 0 Å². The van der Waals surface area contributed by atoms with Crippen molar-refractivity contribution in [3.63, 3.8) is 0 Å². The van der Waals surface area contributed by atoms with Gasteiger partial charge in [-0.05, 0) is 60.4 Å². The van der Waals surface area contributed by atoms with Crippen LogP contribution in [0.4, 0.5) is 0 Å². The molecule has 0 unspecified atom stereocenters. The van der Waals surface area contributed by atoms with Crippen LogP contribution in [-0.4, -0.2) is 39.4 Å². The molecule has 0 atom stereocenters. The van der Waals surface area contributed by atoms with Gasteiger partial charge in [-0.2, -0.15) is 0 Å². The maximum atomic E-state index is 12.5. The summed E-state index contributed by atoms with van der Waals surface area (Å²) in [6.07, 6.45) is 3.13. The first-order chi connectivity index (χ1) is 9.45. The molecule has 1 aromatic rings. The molecule has 20 heavy (non-hydrogen) atoms. The Hall–Kier alpha value is -0.920. The van der Waals surface area contributed by atoms with Crippen LogP contribution in [0.15, 0.2) is 27.6 Å². The van der Waals surface area contributed by atoms with Gasteiger partial charge < -0.3 is 4.90 Å². The van der Waals surface area contributed by atoms with Gasteiger partial charge in [0, 0.05) is 17.6 Å². The van der Waals surface area contributed by atoms with E-state index in [4.69, 9.17) is 0 Å². The predicted octanol–water partition coefficient (Wildman–Crippen LogP) is 1.98. The van der Waals surface area contributed by atoms with Crippen LogP contribution < -0.4 is 4.72 Å². The van der Waals surface area contributed by atoms with Gasteiger partial charge in [-0.15, -0.1) is 0 Å². The zero-order valence-electron chi connectivity index (χ0n) is 11.2. The lowest BCUT2D eigenvalue weighted by molar-refractivity contribution is 0.0723. The predicted molar refractivity (Wildman–Crippen MR) is 80.1 cm³/mol. The van der Waals surface area contributed by atoms with E-state index in [0.29, 0.717) is 10.0 Å². The van der Waals surface area contributed by atoms with E-state index >= 15 is 0 Å². The van der Waals surface area contributed by atoms with Gasteiger partial charge in [0.1, 0.15) is 0 Å². The number of carbonyl (C=O) groups excluding carboxylic acids is 1. The molecule has 0 aliphatic carbocycles. The fourth-order valence-corrected chi connectivity index (χ4v) is 3.39. The monoisotopic (exact) mass is 360 g/mol. The molecule has 1 aromatic carbocycles. The van der Waals surface area contributed by atoms with Crippen molar-refractivity contribution < 1.29 is 13.2 Å². The Morgan fingerprint density at radius 2 is 1.90 bits per heavy atom. The summed E-state index contributed by atoms with van der Waals surface area (Å²) in [4.78, 5) is 14.3. The summed E-state index contributed by atoms with van der Waals surface area (Å²) in [5, 5.41) is 0. The van der Waals surface area contributed by atoms with Crippen LogP contribution in [0.2, 0.25) is 0 Å². The summed E-state index contributed by atoms with van der Waals surface area (Å²) in [6, 6.07) is 4.50. The molecule has 5 nitrogen and oxygen atoms in total. The van der Waals surface area contributed by atoms with Crippen molar-refractivity contribution in [1.82, 2.24) is 9.62 Å². The summed E-state index contributed by atoms with van der Waals surface area (Å²) >= 11 is 3.32. The molecule has 1 amide bonds. The molecule has 110 valence electrons. The van der Waals surface area contributed by atoms with E-state index in [9.17, 15) is 13.2 Å². The number of nitrogens with one attached hydrogen (secondary N) is 1. The molecule has 0 radical (unpaired) electrons. The average molecular weight is 361 g/mol. The molecule has 1 saturated heterocycles. The number of halogens is 1. The molecule has 0 aromatic heterocycles. The minimum Gasteiger partial charge on any atom is -0.339 e. The number of rotatable bonds is 3. The van der Waals surface area contributed by atoms with Crippen LogP contribution in [0.3, 0.4) is 0 Å². The normalized spacial score (nSPS) is 16.2. The molecule has 0 spiro atoms. The van der Waals surface area contributed by atoms with Gasteiger partial charge in [-0.25, -0.2) is 13.1 Å². The highest BCUT2D eigenvalue weighted by atomic mass is 79.9. The molecule has 1 aliphatic heterocycles. The Morgan fingerprint density at radius 3 is 2.50 bits per heavy atom. The fraction of sp³-hybridized carbons (Fsp3) is 0.462. The molecule has 1 N–H and O–H groups in total. The number of amides is 1. The first-order valence-electron chi connectivity index (χ1n) is 6.48. The van der Waals surface area contributed by atoms with E-state index in [-0.39, 0.29) is 10.8 Å². The van der Waals surface area contributed by atoms with Crippen LogP contribution in [0.1, 0.15) is 29.6 Å². The van der Waals surface area contributed by atoms with Crippen molar-refractivity contribution >= 4 is 31.9 Å². The Kier molecular flexibility index (Phi) is 4.82. The SMILES string of the molecule is CNS(=O)(=O)c1ccc(Br)c(C(=O)N2CCCCC2)c1. The van der Waals surface area contributed by atoms with Crippen LogP contribution in [-0.2, 0) is 10.0 Å². The van der Waals surface area contributed by atoms with Crippen molar-refractivity contribution in [1.29, 1.82) is 0 Å². The number of piperidine rings is 1. The van der Waals surface area contributed by atoms with Crippen molar-refractivity contribution in [2.75, 3.05) is 20.1 Å².